The first-order valence-electron chi connectivity index (χ1n) is 8.11. The molecule has 1 rings (SSSR count). The number of hydrogen-bond donors (Lipinski definition) is 0. The van der Waals surface area contributed by atoms with Gasteiger partial charge in [-0.15, -0.1) is 11.3 Å². The molecule has 0 aromatic carbocycles. The zero-order valence-electron chi connectivity index (χ0n) is 13.0. The fourth-order valence-electron chi connectivity index (χ4n) is 2.25. The van der Waals surface area contributed by atoms with Gasteiger partial charge >= 0.3 is 5.97 Å². The second-order valence-electron chi connectivity index (χ2n) is 5.41. The highest BCUT2D eigenvalue weighted by molar-refractivity contribution is 9.11. The van der Waals surface area contributed by atoms with Gasteiger partial charge in [0.25, 0.3) is 0 Å². The van der Waals surface area contributed by atoms with Gasteiger partial charge in [-0.05, 0) is 39.4 Å². The lowest BCUT2D eigenvalue weighted by Crippen LogP contribution is -2.07. The summed E-state index contributed by atoms with van der Waals surface area (Å²) in [6.07, 6.45) is 11.4. The molecule has 0 radical (unpaired) electrons. The zero-order chi connectivity index (χ0) is 15.3. The van der Waals surface area contributed by atoms with Gasteiger partial charge in [-0.3, -0.25) is 4.79 Å². The summed E-state index contributed by atoms with van der Waals surface area (Å²) in [4.78, 5) is 11.6. The molecule has 0 N–H and O–H groups in total. The monoisotopic (exact) mass is 374 g/mol. The molecule has 0 aliphatic rings. The van der Waals surface area contributed by atoms with E-state index in [0.29, 0.717) is 13.0 Å². The van der Waals surface area contributed by atoms with Crippen molar-refractivity contribution in [3.05, 3.63) is 20.8 Å². The van der Waals surface area contributed by atoms with Gasteiger partial charge in [-0.25, -0.2) is 0 Å². The molecule has 4 heteroatoms. The van der Waals surface area contributed by atoms with Crippen LogP contribution in [0.3, 0.4) is 0 Å². The summed E-state index contributed by atoms with van der Waals surface area (Å²) in [6, 6.07) is 2.07. The fraction of sp³-hybridized carbons (Fsp3) is 0.706. The Balaban J connectivity index is 1.91. The van der Waals surface area contributed by atoms with Crippen molar-refractivity contribution in [2.45, 2.75) is 71.1 Å². The summed E-state index contributed by atoms with van der Waals surface area (Å²) in [5.41, 5.74) is 1.22. The van der Waals surface area contributed by atoms with E-state index in [4.69, 9.17) is 4.74 Å². The van der Waals surface area contributed by atoms with E-state index in [1.807, 2.05) is 5.38 Å². The maximum absolute atomic E-state index is 11.6. The molecule has 0 saturated heterocycles. The van der Waals surface area contributed by atoms with Crippen LogP contribution in [-0.2, 0) is 16.0 Å². The van der Waals surface area contributed by atoms with Crippen LogP contribution in [0.1, 0.15) is 70.3 Å². The highest BCUT2D eigenvalue weighted by atomic mass is 79.9. The van der Waals surface area contributed by atoms with Crippen molar-refractivity contribution in [3.8, 4) is 0 Å². The van der Waals surface area contributed by atoms with Gasteiger partial charge in [-0.2, -0.15) is 0 Å². The van der Waals surface area contributed by atoms with E-state index in [9.17, 15) is 4.79 Å². The van der Waals surface area contributed by atoms with Crippen molar-refractivity contribution in [2.24, 2.45) is 0 Å². The number of carbonyl (C=O) groups is 1. The summed E-state index contributed by atoms with van der Waals surface area (Å²) in [6.45, 7) is 2.73. The van der Waals surface area contributed by atoms with Gasteiger partial charge in [0.05, 0.1) is 10.4 Å². The van der Waals surface area contributed by atoms with E-state index < -0.39 is 0 Å². The van der Waals surface area contributed by atoms with Crippen molar-refractivity contribution in [2.75, 3.05) is 6.61 Å². The third kappa shape index (κ3) is 9.30. The number of esters is 1. The van der Waals surface area contributed by atoms with E-state index >= 15 is 0 Å². The molecule has 21 heavy (non-hydrogen) atoms. The first-order valence-corrected chi connectivity index (χ1v) is 9.78. The molecule has 1 aromatic heterocycles. The molecule has 0 aliphatic heterocycles. The molecule has 0 atom stereocenters. The lowest BCUT2D eigenvalue weighted by atomic mass is 10.1. The van der Waals surface area contributed by atoms with Gasteiger partial charge in [0.1, 0.15) is 0 Å². The molecule has 120 valence electrons. The molecular weight excluding hydrogens is 348 g/mol. The number of hydrogen-bond acceptors (Lipinski definition) is 3. The Morgan fingerprint density at radius 3 is 2.43 bits per heavy atom. The molecule has 0 aliphatic carbocycles. The predicted molar refractivity (Wildman–Crippen MR) is 93.9 cm³/mol. The third-order valence-corrected chi connectivity index (χ3v) is 5.37. The maximum Gasteiger partial charge on any atom is 0.305 e. The van der Waals surface area contributed by atoms with Crippen molar-refractivity contribution < 1.29 is 9.53 Å². The van der Waals surface area contributed by atoms with Crippen molar-refractivity contribution in [3.63, 3.8) is 0 Å². The lowest BCUT2D eigenvalue weighted by molar-refractivity contribution is -0.143. The molecule has 0 saturated carbocycles. The van der Waals surface area contributed by atoms with Gasteiger partial charge in [-0.1, -0.05) is 51.9 Å². The summed E-state index contributed by atoms with van der Waals surface area (Å²) in [5, 5.41) is 2.04. The van der Waals surface area contributed by atoms with Crippen LogP contribution >= 0.6 is 27.3 Å². The second-order valence-corrected chi connectivity index (χ2v) is 7.65. The predicted octanol–water partition coefficient (Wildman–Crippen LogP) is 6.13. The number of rotatable bonds is 12. The Kier molecular flexibility index (Phi) is 10.9. The average Bonchev–Trinajstić information content (AvgIpc) is 2.87. The van der Waals surface area contributed by atoms with Gasteiger partial charge < -0.3 is 4.74 Å². The van der Waals surface area contributed by atoms with Crippen LogP contribution in [0.5, 0.6) is 0 Å². The van der Waals surface area contributed by atoms with E-state index in [0.717, 1.165) is 23.0 Å². The standard InChI is InChI=1S/C17H27BrO2S/c1-2-3-4-5-6-7-8-9-10-16(19)20-13-11-15-12-14-21-17(15)18/h12,14H,2-11,13H2,1H3. The van der Waals surface area contributed by atoms with Crippen LogP contribution < -0.4 is 0 Å². The summed E-state index contributed by atoms with van der Waals surface area (Å²) in [5.74, 6) is -0.0488. The molecule has 1 aromatic rings. The second kappa shape index (κ2) is 12.2. The van der Waals surface area contributed by atoms with E-state index in [2.05, 4.69) is 28.9 Å². The molecular formula is C17H27BrO2S. The molecule has 0 unspecified atom stereocenters. The summed E-state index contributed by atoms with van der Waals surface area (Å²) in [7, 11) is 0. The quantitative estimate of drug-likeness (QED) is 0.325. The SMILES string of the molecule is CCCCCCCCCCC(=O)OCCc1ccsc1Br. The zero-order valence-corrected chi connectivity index (χ0v) is 15.4. The Bertz CT molecular complexity index is 390. The van der Waals surface area contributed by atoms with Crippen LogP contribution in [0.15, 0.2) is 15.2 Å². The first-order chi connectivity index (χ1) is 10.2. The molecule has 1 heterocycles. The number of ether oxygens (including phenoxy) is 1. The lowest BCUT2D eigenvalue weighted by Gasteiger charge is -2.05. The number of unbranched alkanes of at least 4 members (excludes halogenated alkanes) is 7. The number of thiophene rings is 1. The van der Waals surface area contributed by atoms with Crippen molar-refractivity contribution >= 4 is 33.2 Å². The minimum atomic E-state index is -0.0488. The highest BCUT2D eigenvalue weighted by Crippen LogP contribution is 2.23. The molecule has 0 fully saturated rings. The molecule has 2 nitrogen and oxygen atoms in total. The minimum Gasteiger partial charge on any atom is -0.465 e. The normalized spacial score (nSPS) is 10.8. The van der Waals surface area contributed by atoms with Crippen LogP contribution in [0, 0.1) is 0 Å². The third-order valence-electron chi connectivity index (χ3n) is 3.56. The minimum absolute atomic E-state index is 0.0488. The van der Waals surface area contributed by atoms with Gasteiger partial charge in [0.2, 0.25) is 0 Å². The Hall–Kier alpha value is -0.350. The van der Waals surface area contributed by atoms with Crippen LogP contribution in [0.4, 0.5) is 0 Å². The number of halogens is 1. The highest BCUT2D eigenvalue weighted by Gasteiger charge is 2.05. The largest absolute Gasteiger partial charge is 0.465 e. The van der Waals surface area contributed by atoms with Crippen LogP contribution in [-0.4, -0.2) is 12.6 Å². The topological polar surface area (TPSA) is 26.3 Å². The Morgan fingerprint density at radius 2 is 1.81 bits per heavy atom. The average molecular weight is 375 g/mol. The smallest absolute Gasteiger partial charge is 0.305 e. The Labute approximate surface area is 141 Å². The van der Waals surface area contributed by atoms with Crippen molar-refractivity contribution in [1.29, 1.82) is 0 Å². The van der Waals surface area contributed by atoms with E-state index in [1.54, 1.807) is 11.3 Å². The van der Waals surface area contributed by atoms with Crippen LogP contribution in [0.2, 0.25) is 0 Å². The van der Waals surface area contributed by atoms with Gasteiger partial charge in [0.15, 0.2) is 0 Å². The molecule has 0 bridgehead atoms. The van der Waals surface area contributed by atoms with Crippen molar-refractivity contribution in [1.82, 2.24) is 0 Å². The van der Waals surface area contributed by atoms with E-state index in [1.165, 1.54) is 44.1 Å². The summed E-state index contributed by atoms with van der Waals surface area (Å²) < 4.78 is 6.42. The van der Waals surface area contributed by atoms with Gasteiger partial charge in [0, 0.05) is 12.8 Å². The van der Waals surface area contributed by atoms with E-state index in [-0.39, 0.29) is 5.97 Å². The molecule has 0 amide bonds. The number of carbonyl (C=O) groups excluding carboxylic acids is 1. The molecule has 0 spiro atoms. The fourth-order valence-corrected chi connectivity index (χ4v) is 3.58. The first kappa shape index (κ1) is 18.7. The van der Waals surface area contributed by atoms with Crippen LogP contribution in [0.25, 0.3) is 0 Å². The summed E-state index contributed by atoms with van der Waals surface area (Å²) >= 11 is 5.16. The Morgan fingerprint density at radius 1 is 1.14 bits per heavy atom. The maximum atomic E-state index is 11.6.